The molecule has 1 amide bonds. The molecule has 5 aromatic carbocycles. The summed E-state index contributed by atoms with van der Waals surface area (Å²) in [6.45, 7) is 0.980. The number of nitrogens with one attached hydrogen (secondary N) is 2. The van der Waals surface area contributed by atoms with Gasteiger partial charge in [0, 0.05) is 17.7 Å². The Morgan fingerprint density at radius 1 is 0.690 bits per heavy atom. The normalized spacial score (nSPS) is 11.3. The third-order valence-corrected chi connectivity index (χ3v) is 8.90. The Hall–Kier alpha value is -4.74. The van der Waals surface area contributed by atoms with Gasteiger partial charge in [-0.05, 0) is 34.4 Å². The summed E-state index contributed by atoms with van der Waals surface area (Å²) in [7, 11) is 0. The Bertz CT molecular complexity index is 1640. The second kappa shape index (κ2) is 12.8. The van der Waals surface area contributed by atoms with Gasteiger partial charge in [-0.3, -0.25) is 4.79 Å². The maximum absolute atomic E-state index is 13.2. The van der Waals surface area contributed by atoms with Crippen LogP contribution in [0.1, 0.15) is 32.7 Å². The summed E-state index contributed by atoms with van der Waals surface area (Å²) in [5, 5.41) is 4.07. The van der Waals surface area contributed by atoms with Crippen molar-refractivity contribution in [3.63, 3.8) is 0 Å². The summed E-state index contributed by atoms with van der Waals surface area (Å²) in [6, 6.07) is 49.6. The smallest absolute Gasteiger partial charge is 0.267 e. The average molecular weight is 569 g/mol. The lowest BCUT2D eigenvalue weighted by molar-refractivity contribution is 0.0952. The fraction of sp³-hybridized carbons (Fsp3) is 0.108. The van der Waals surface area contributed by atoms with E-state index in [0.29, 0.717) is 18.8 Å². The number of para-hydroxylation sites is 1. The van der Waals surface area contributed by atoms with Crippen LogP contribution in [0.2, 0.25) is 0 Å². The number of amides is 1. The Morgan fingerprint density at radius 2 is 1.24 bits per heavy atom. The van der Waals surface area contributed by atoms with Crippen molar-refractivity contribution in [2.75, 3.05) is 12.3 Å². The number of thioether (sulfide) groups is 1. The fourth-order valence-corrected chi connectivity index (χ4v) is 6.76. The zero-order valence-electron chi connectivity index (χ0n) is 23.2. The van der Waals surface area contributed by atoms with Crippen molar-refractivity contribution in [2.45, 2.75) is 11.4 Å². The zero-order chi connectivity index (χ0) is 28.6. The maximum Gasteiger partial charge on any atom is 0.267 e. The molecule has 5 heteroatoms. The van der Waals surface area contributed by atoms with Crippen LogP contribution in [0.15, 0.2) is 146 Å². The Kier molecular flexibility index (Phi) is 8.38. The fourth-order valence-electron chi connectivity index (χ4n) is 5.34. The standard InChI is InChI=1S/C37H32N2O2S/c40-36(33-26-29-16-13-23-34(35(29)39-33)41-27-28-14-5-1-6-15-28)38-24-25-42-37(30-17-7-2-8-18-30,31-19-9-3-10-20-31)32-21-11-4-12-22-32/h1-23,26,39H,24-25,27H2,(H,38,40). The Balaban J connectivity index is 1.19. The van der Waals surface area contributed by atoms with E-state index in [1.807, 2.05) is 84.6 Å². The highest BCUT2D eigenvalue weighted by Crippen LogP contribution is 2.48. The molecule has 0 saturated heterocycles. The SMILES string of the molecule is O=C(NCCSC(c1ccccc1)(c1ccccc1)c1ccccc1)c1cc2cccc(OCc3ccccc3)c2[nH]1. The monoisotopic (exact) mass is 568 g/mol. The number of carbonyl (C=O) groups excluding carboxylic acids is 1. The molecule has 1 aromatic heterocycles. The van der Waals surface area contributed by atoms with Gasteiger partial charge in [0.05, 0.1) is 10.3 Å². The number of rotatable bonds is 11. The lowest BCUT2D eigenvalue weighted by Gasteiger charge is -2.35. The lowest BCUT2D eigenvalue weighted by Crippen LogP contribution is -2.30. The number of H-pyrrole nitrogens is 1. The molecule has 0 bridgehead atoms. The van der Waals surface area contributed by atoms with Crippen LogP contribution in [0.5, 0.6) is 5.75 Å². The average Bonchev–Trinajstić information content (AvgIpc) is 3.51. The molecule has 6 rings (SSSR count). The second-order valence-electron chi connectivity index (χ2n) is 10.1. The van der Waals surface area contributed by atoms with E-state index in [9.17, 15) is 4.79 Å². The summed E-state index contributed by atoms with van der Waals surface area (Å²) < 4.78 is 5.68. The van der Waals surface area contributed by atoms with Gasteiger partial charge in [0.1, 0.15) is 18.1 Å². The molecule has 42 heavy (non-hydrogen) atoms. The van der Waals surface area contributed by atoms with Gasteiger partial charge < -0.3 is 15.0 Å². The van der Waals surface area contributed by atoms with E-state index in [1.165, 1.54) is 16.7 Å². The molecular formula is C37H32N2O2S. The molecule has 0 aliphatic carbocycles. The van der Waals surface area contributed by atoms with E-state index in [1.54, 1.807) is 0 Å². The number of carbonyl (C=O) groups is 1. The molecular weight excluding hydrogens is 536 g/mol. The number of hydrogen-bond donors (Lipinski definition) is 2. The first-order valence-corrected chi connectivity index (χ1v) is 15.1. The van der Waals surface area contributed by atoms with Gasteiger partial charge in [-0.1, -0.05) is 133 Å². The first-order valence-electron chi connectivity index (χ1n) is 14.1. The van der Waals surface area contributed by atoms with Crippen molar-refractivity contribution in [2.24, 2.45) is 0 Å². The van der Waals surface area contributed by atoms with Gasteiger partial charge in [-0.2, -0.15) is 0 Å². The quantitative estimate of drug-likeness (QED) is 0.122. The Labute approximate surface area is 250 Å². The van der Waals surface area contributed by atoms with Crippen molar-refractivity contribution >= 4 is 28.6 Å². The molecule has 0 fully saturated rings. The number of benzene rings is 5. The highest BCUT2D eigenvalue weighted by Gasteiger charge is 2.36. The van der Waals surface area contributed by atoms with Gasteiger partial charge in [0.15, 0.2) is 0 Å². The largest absolute Gasteiger partial charge is 0.487 e. The molecule has 0 saturated carbocycles. The zero-order valence-corrected chi connectivity index (χ0v) is 24.0. The predicted molar refractivity (Wildman–Crippen MR) is 173 cm³/mol. The minimum absolute atomic E-state index is 0.134. The second-order valence-corrected chi connectivity index (χ2v) is 11.4. The van der Waals surface area contributed by atoms with Gasteiger partial charge in [0.2, 0.25) is 0 Å². The molecule has 6 aromatic rings. The van der Waals surface area contributed by atoms with E-state index in [0.717, 1.165) is 28.0 Å². The lowest BCUT2D eigenvalue weighted by atomic mass is 9.84. The molecule has 0 aliphatic rings. The Morgan fingerprint density at radius 3 is 1.81 bits per heavy atom. The third-order valence-electron chi connectivity index (χ3n) is 7.35. The summed E-state index contributed by atoms with van der Waals surface area (Å²) in [6.07, 6.45) is 0. The van der Waals surface area contributed by atoms with E-state index in [-0.39, 0.29) is 5.91 Å². The molecule has 0 radical (unpaired) electrons. The molecule has 208 valence electrons. The summed E-state index contributed by atoms with van der Waals surface area (Å²) in [4.78, 5) is 16.5. The molecule has 0 aliphatic heterocycles. The third kappa shape index (κ3) is 5.83. The highest BCUT2D eigenvalue weighted by molar-refractivity contribution is 8.00. The number of ether oxygens (including phenoxy) is 1. The summed E-state index contributed by atoms with van der Waals surface area (Å²) >= 11 is 1.83. The molecule has 0 unspecified atom stereocenters. The van der Waals surface area contributed by atoms with Crippen molar-refractivity contribution < 1.29 is 9.53 Å². The van der Waals surface area contributed by atoms with Crippen molar-refractivity contribution in [1.29, 1.82) is 0 Å². The van der Waals surface area contributed by atoms with Crippen LogP contribution in [0.4, 0.5) is 0 Å². The van der Waals surface area contributed by atoms with E-state index < -0.39 is 4.75 Å². The first-order chi connectivity index (χ1) is 20.7. The summed E-state index contributed by atoms with van der Waals surface area (Å²) in [5.41, 5.74) is 6.05. The van der Waals surface area contributed by atoms with Crippen molar-refractivity contribution in [3.05, 3.63) is 174 Å². The first kappa shape index (κ1) is 27.4. The molecule has 1 heterocycles. The van der Waals surface area contributed by atoms with Crippen LogP contribution in [-0.2, 0) is 11.4 Å². The van der Waals surface area contributed by atoms with Crippen LogP contribution in [0, 0.1) is 0 Å². The molecule has 2 N–H and O–H groups in total. The van der Waals surface area contributed by atoms with Crippen molar-refractivity contribution in [3.8, 4) is 5.75 Å². The van der Waals surface area contributed by atoms with Gasteiger partial charge in [0.25, 0.3) is 5.91 Å². The number of aromatic nitrogens is 1. The number of hydrogen-bond acceptors (Lipinski definition) is 3. The van der Waals surface area contributed by atoms with Crippen LogP contribution >= 0.6 is 11.8 Å². The van der Waals surface area contributed by atoms with Gasteiger partial charge in [-0.25, -0.2) is 0 Å². The van der Waals surface area contributed by atoms with Crippen LogP contribution in [0.3, 0.4) is 0 Å². The van der Waals surface area contributed by atoms with E-state index >= 15 is 0 Å². The van der Waals surface area contributed by atoms with Crippen LogP contribution < -0.4 is 10.1 Å². The highest BCUT2D eigenvalue weighted by atomic mass is 32.2. The minimum atomic E-state index is -0.416. The van der Waals surface area contributed by atoms with E-state index in [4.69, 9.17) is 4.74 Å². The number of fused-ring (bicyclic) bond motifs is 1. The topological polar surface area (TPSA) is 54.1 Å². The number of aromatic amines is 1. The van der Waals surface area contributed by atoms with Crippen LogP contribution in [0.25, 0.3) is 10.9 Å². The molecule has 0 atom stereocenters. The van der Waals surface area contributed by atoms with Crippen molar-refractivity contribution in [1.82, 2.24) is 10.3 Å². The predicted octanol–water partition coefficient (Wildman–Crippen LogP) is 8.20. The van der Waals surface area contributed by atoms with Gasteiger partial charge >= 0.3 is 0 Å². The molecule has 4 nitrogen and oxygen atoms in total. The molecule has 0 spiro atoms. The maximum atomic E-state index is 13.2. The summed E-state index contributed by atoms with van der Waals surface area (Å²) in [5.74, 6) is 1.31. The minimum Gasteiger partial charge on any atom is -0.487 e. The van der Waals surface area contributed by atoms with Crippen LogP contribution in [-0.4, -0.2) is 23.2 Å². The van der Waals surface area contributed by atoms with Gasteiger partial charge in [-0.15, -0.1) is 11.8 Å². The van der Waals surface area contributed by atoms with E-state index in [2.05, 4.69) is 83.1 Å².